The largest absolute Gasteiger partial charge is 0.369 e. The van der Waals surface area contributed by atoms with Gasteiger partial charge in [-0.05, 0) is 26.3 Å². The Morgan fingerprint density at radius 1 is 1.47 bits per heavy atom. The van der Waals surface area contributed by atoms with Crippen LogP contribution in [0.5, 0.6) is 0 Å². The minimum Gasteiger partial charge on any atom is -0.369 e. The van der Waals surface area contributed by atoms with Gasteiger partial charge in [0.05, 0.1) is 18.3 Å². The van der Waals surface area contributed by atoms with Crippen molar-refractivity contribution in [3.05, 3.63) is 15.6 Å². The molecule has 2 aliphatic rings. The smallest absolute Gasteiger partial charge is 0.123 e. The fourth-order valence-electron chi connectivity index (χ4n) is 2.49. The molecule has 0 spiro atoms. The summed E-state index contributed by atoms with van der Waals surface area (Å²) in [6, 6.07) is 0.458. The van der Waals surface area contributed by atoms with Gasteiger partial charge in [-0.25, -0.2) is 4.98 Å². The van der Waals surface area contributed by atoms with E-state index in [1.165, 1.54) is 34.8 Å². The predicted octanol–water partition coefficient (Wildman–Crippen LogP) is 2.54. The monoisotopic (exact) mass is 270 g/mol. The van der Waals surface area contributed by atoms with Gasteiger partial charge >= 0.3 is 0 Å². The molecule has 1 fully saturated rings. The summed E-state index contributed by atoms with van der Waals surface area (Å²) in [6.45, 7) is 0.870. The summed E-state index contributed by atoms with van der Waals surface area (Å²) >= 11 is 3.85. The van der Waals surface area contributed by atoms with Gasteiger partial charge in [0.25, 0.3) is 0 Å². The van der Waals surface area contributed by atoms with Crippen molar-refractivity contribution in [1.29, 1.82) is 0 Å². The van der Waals surface area contributed by atoms with Gasteiger partial charge in [-0.3, -0.25) is 0 Å². The first-order valence-corrected chi connectivity index (χ1v) is 8.21. The molecule has 0 saturated carbocycles. The van der Waals surface area contributed by atoms with Gasteiger partial charge in [-0.1, -0.05) is 0 Å². The van der Waals surface area contributed by atoms with E-state index in [2.05, 4.69) is 5.32 Å². The number of nitrogens with zero attached hydrogens (tertiary/aromatic N) is 1. The molecule has 0 bridgehead atoms. The molecule has 1 aliphatic heterocycles. The number of hydrogen-bond donors (Lipinski definition) is 1. The van der Waals surface area contributed by atoms with E-state index in [-0.39, 0.29) is 6.10 Å². The molecule has 0 aromatic carbocycles. The van der Waals surface area contributed by atoms with E-state index in [0.29, 0.717) is 6.04 Å². The second-order valence-corrected chi connectivity index (χ2v) is 6.79. The zero-order valence-electron chi connectivity index (χ0n) is 10.1. The molecule has 1 aliphatic carbocycles. The van der Waals surface area contributed by atoms with Gasteiger partial charge < -0.3 is 10.1 Å². The Kier molecular flexibility index (Phi) is 3.70. The Morgan fingerprint density at radius 2 is 2.41 bits per heavy atom. The Hall–Kier alpha value is -0.100. The van der Waals surface area contributed by atoms with Crippen LogP contribution in [-0.4, -0.2) is 30.1 Å². The van der Waals surface area contributed by atoms with Crippen molar-refractivity contribution < 1.29 is 4.74 Å². The minimum absolute atomic E-state index is 0.238. The van der Waals surface area contributed by atoms with Crippen LogP contribution in [0.3, 0.4) is 0 Å². The lowest BCUT2D eigenvalue weighted by molar-refractivity contribution is 0.0753. The van der Waals surface area contributed by atoms with Gasteiger partial charge in [0, 0.05) is 16.4 Å². The molecule has 17 heavy (non-hydrogen) atoms. The highest BCUT2D eigenvalue weighted by molar-refractivity contribution is 7.99. The Bertz CT molecular complexity index is 388. The van der Waals surface area contributed by atoms with Gasteiger partial charge in [0.1, 0.15) is 11.1 Å². The average molecular weight is 270 g/mol. The molecular formula is C12H18N2OS2. The lowest BCUT2D eigenvalue weighted by atomic mass is 9.98. The van der Waals surface area contributed by atoms with E-state index >= 15 is 0 Å². The lowest BCUT2D eigenvalue weighted by Crippen LogP contribution is -2.21. The molecule has 1 N–H and O–H groups in total. The molecule has 5 heteroatoms. The number of hydrogen-bond acceptors (Lipinski definition) is 5. The van der Waals surface area contributed by atoms with Crippen LogP contribution in [0.2, 0.25) is 0 Å². The van der Waals surface area contributed by atoms with Crippen LogP contribution in [0.1, 0.15) is 40.6 Å². The normalized spacial score (nSPS) is 29.0. The maximum atomic E-state index is 5.82. The molecular weight excluding hydrogens is 252 g/mol. The van der Waals surface area contributed by atoms with E-state index < -0.39 is 0 Å². The third-order valence-corrected chi connectivity index (χ3v) is 5.63. The quantitative estimate of drug-likeness (QED) is 0.895. The molecule has 0 radical (unpaired) electrons. The van der Waals surface area contributed by atoms with Gasteiger partial charge in [-0.2, -0.15) is 11.8 Å². The van der Waals surface area contributed by atoms with Crippen molar-refractivity contribution in [2.24, 2.45) is 0 Å². The molecule has 2 atom stereocenters. The fraction of sp³-hybridized carbons (Fsp3) is 0.750. The third-order valence-electron chi connectivity index (χ3n) is 3.41. The second kappa shape index (κ2) is 5.26. The maximum Gasteiger partial charge on any atom is 0.123 e. The van der Waals surface area contributed by atoms with Crippen LogP contribution >= 0.6 is 23.1 Å². The van der Waals surface area contributed by atoms with Crippen molar-refractivity contribution in [2.45, 2.75) is 31.4 Å². The first-order valence-electron chi connectivity index (χ1n) is 6.24. The highest BCUT2D eigenvalue weighted by Gasteiger charge is 2.27. The van der Waals surface area contributed by atoms with Gasteiger partial charge in [-0.15, -0.1) is 11.3 Å². The highest BCUT2D eigenvalue weighted by Crippen LogP contribution is 2.37. The number of rotatable bonds is 2. The summed E-state index contributed by atoms with van der Waals surface area (Å²) in [4.78, 5) is 6.32. The molecule has 1 aromatic heterocycles. The summed E-state index contributed by atoms with van der Waals surface area (Å²) in [5.74, 6) is 2.19. The first-order chi connectivity index (χ1) is 8.38. The maximum absolute atomic E-state index is 5.82. The number of nitrogens with one attached hydrogen (secondary N) is 1. The predicted molar refractivity (Wildman–Crippen MR) is 72.9 cm³/mol. The van der Waals surface area contributed by atoms with Gasteiger partial charge in [0.2, 0.25) is 0 Å². The molecule has 3 nitrogen and oxygen atoms in total. The van der Waals surface area contributed by atoms with Gasteiger partial charge in [0.15, 0.2) is 0 Å². The number of thiazole rings is 1. The van der Waals surface area contributed by atoms with Crippen LogP contribution in [-0.2, 0) is 11.2 Å². The molecule has 94 valence electrons. The zero-order chi connectivity index (χ0) is 11.7. The fourth-order valence-corrected chi connectivity index (χ4v) is 4.66. The van der Waals surface area contributed by atoms with Crippen LogP contribution in [0, 0.1) is 0 Å². The van der Waals surface area contributed by atoms with Crippen molar-refractivity contribution in [3.63, 3.8) is 0 Å². The summed E-state index contributed by atoms with van der Waals surface area (Å²) in [7, 11) is 2.03. The SMILES string of the molecule is CNC1CCCc2sc(C3CSCCO3)nc21. The molecule has 0 amide bonds. The van der Waals surface area contributed by atoms with E-state index in [9.17, 15) is 0 Å². The van der Waals surface area contributed by atoms with Crippen LogP contribution < -0.4 is 5.32 Å². The van der Waals surface area contributed by atoms with E-state index in [1.807, 2.05) is 30.1 Å². The molecule has 2 heterocycles. The summed E-state index contributed by atoms with van der Waals surface area (Å²) in [6.07, 6.45) is 3.93. The van der Waals surface area contributed by atoms with E-state index in [4.69, 9.17) is 9.72 Å². The summed E-state index contributed by atoms with van der Waals surface area (Å²) < 4.78 is 5.82. The Balaban J connectivity index is 1.84. The van der Waals surface area contributed by atoms with Crippen molar-refractivity contribution >= 4 is 23.1 Å². The summed E-state index contributed by atoms with van der Waals surface area (Å²) in [5, 5.41) is 4.57. The van der Waals surface area contributed by atoms with Crippen LogP contribution in [0.15, 0.2) is 0 Å². The third kappa shape index (κ3) is 2.38. The minimum atomic E-state index is 0.238. The number of aryl methyl sites for hydroxylation is 1. The average Bonchev–Trinajstić information content (AvgIpc) is 2.83. The van der Waals surface area contributed by atoms with E-state index in [0.717, 1.165) is 18.1 Å². The Morgan fingerprint density at radius 3 is 3.18 bits per heavy atom. The molecule has 1 saturated heterocycles. The summed E-state index contributed by atoms with van der Waals surface area (Å²) in [5.41, 5.74) is 1.29. The number of ether oxygens (including phenoxy) is 1. The standard InChI is InChI=1S/C12H18N2OS2/c1-13-8-3-2-4-10-11(8)14-12(17-10)9-7-16-6-5-15-9/h8-9,13H,2-7H2,1H3. The van der Waals surface area contributed by atoms with E-state index in [1.54, 1.807) is 0 Å². The topological polar surface area (TPSA) is 34.1 Å². The molecule has 1 aromatic rings. The highest BCUT2D eigenvalue weighted by atomic mass is 32.2. The number of thioether (sulfide) groups is 1. The zero-order valence-corrected chi connectivity index (χ0v) is 11.7. The molecule has 2 unspecified atom stereocenters. The molecule has 3 rings (SSSR count). The van der Waals surface area contributed by atoms with Crippen molar-refractivity contribution in [3.8, 4) is 0 Å². The number of aromatic nitrogens is 1. The van der Waals surface area contributed by atoms with Crippen LogP contribution in [0.25, 0.3) is 0 Å². The van der Waals surface area contributed by atoms with Crippen molar-refractivity contribution in [2.75, 3.05) is 25.2 Å². The second-order valence-electron chi connectivity index (χ2n) is 4.53. The Labute approximate surface area is 110 Å². The van der Waals surface area contributed by atoms with Crippen molar-refractivity contribution in [1.82, 2.24) is 10.3 Å². The first kappa shape index (κ1) is 12.0. The number of fused-ring (bicyclic) bond motifs is 1. The van der Waals surface area contributed by atoms with Crippen LogP contribution in [0.4, 0.5) is 0 Å². The lowest BCUT2D eigenvalue weighted by Gasteiger charge is -2.20.